The lowest BCUT2D eigenvalue weighted by atomic mass is 10.0. The zero-order chi connectivity index (χ0) is 84.2. The molecule has 0 aliphatic heterocycles. The number of hydrazine groups is 3. The van der Waals surface area contributed by atoms with Gasteiger partial charge >= 0.3 is 0 Å². The van der Waals surface area contributed by atoms with Gasteiger partial charge < -0.3 is 52.9 Å². The minimum absolute atomic E-state index is 0.0147. The number of benzene rings is 5. The van der Waals surface area contributed by atoms with Crippen LogP contribution in [0.5, 0.6) is 0 Å². The highest BCUT2D eigenvalue weighted by atomic mass is 16.5. The van der Waals surface area contributed by atoms with E-state index in [1.807, 2.05) is 60.7 Å². The van der Waals surface area contributed by atoms with Gasteiger partial charge in [-0.15, -0.1) is 0 Å². The number of unbranched alkanes of at least 4 members (excludes halogenated alkanes) is 2. The van der Waals surface area contributed by atoms with E-state index in [1.165, 1.54) is 18.2 Å². The zero-order valence-electron chi connectivity index (χ0n) is 64.6. The minimum Gasteiger partial charge on any atom is -0.383 e. The topological polar surface area (TPSA) is 410 Å². The van der Waals surface area contributed by atoms with Crippen LogP contribution in [0.15, 0.2) is 209 Å². The second-order valence-corrected chi connectivity index (χ2v) is 26.9. The Balaban J connectivity index is 0.000000163. The summed E-state index contributed by atoms with van der Waals surface area (Å²) in [7, 11) is 3.24. The van der Waals surface area contributed by atoms with Gasteiger partial charge in [0.05, 0.1) is 108 Å². The number of ether oxygens (including phenoxy) is 1. The maximum absolute atomic E-state index is 13.5. The number of fused-ring (bicyclic) bond motifs is 3. The van der Waals surface area contributed by atoms with Gasteiger partial charge in [0.15, 0.2) is 66.3 Å². The van der Waals surface area contributed by atoms with Crippen LogP contribution < -0.4 is 130 Å². The van der Waals surface area contributed by atoms with Crippen LogP contribution in [0.4, 0.5) is 97.5 Å². The van der Waals surface area contributed by atoms with Gasteiger partial charge in [0.1, 0.15) is 17.5 Å². The third kappa shape index (κ3) is 16.1. The standard InChI is InChI=1S/2C31H26N6O4.C25H22N6O5/c1-4-5-16-33-30-27(17(2)26(32-3)31(35-30)34-18-10-7-6-8-11-18)37-36-20-13-9-12-19-23(20)29(41)25-22(39)15-14-21(38)24(25)28(19)40;1-4-5-16-33-30-26(32-3)17(2)27(31(35-30)34-18-10-7-6-8-11-18)37-36-20-13-9-12-19-23(20)29(41)25-22(39)15-14-21(38)24(25)28(19)40;1-12-20(26-2)25(28-10-11-36-4)29-24(27-3)21(12)31-30-14-7-5-6-13-17(14)23(35)19-16(33)9-8-15(32)18(19)22(13)34/h2*6-15,36-37H,4-5,16H2,1-2H3,(H2,33,34,35);5-9,30-31H,10-11H2,1,3-4H3,(H2,27,28,29). The molecule has 0 saturated heterocycles. The van der Waals surface area contributed by atoms with E-state index in [0.29, 0.717) is 112 Å². The largest absolute Gasteiger partial charge is 0.383 e. The fraction of sp³-hybridized carbons (Fsp3) is 0.172. The molecule has 0 radical (unpaired) electrons. The maximum atomic E-state index is 13.5. The van der Waals surface area contributed by atoms with Crippen molar-refractivity contribution in [2.75, 3.05) is 105 Å². The number of aromatic nitrogens is 3. The van der Waals surface area contributed by atoms with Crippen molar-refractivity contribution in [3.63, 3.8) is 0 Å². The molecule has 0 unspecified atom stereocenters. The molecule has 31 heteroatoms. The average Bonchev–Trinajstić information content (AvgIpc) is 0.745. The molecule has 14 rings (SSSR count). The number of pyridine rings is 3. The zero-order valence-corrected chi connectivity index (χ0v) is 64.6. The van der Waals surface area contributed by atoms with Crippen LogP contribution >= 0.6 is 0 Å². The predicted molar refractivity (Wildman–Crippen MR) is 464 cm³/mol. The summed E-state index contributed by atoms with van der Waals surface area (Å²) in [6.45, 7) is 34.9. The highest BCUT2D eigenvalue weighted by molar-refractivity contribution is 5.98. The van der Waals surface area contributed by atoms with Gasteiger partial charge in [-0.3, -0.25) is 73.8 Å². The van der Waals surface area contributed by atoms with Gasteiger partial charge in [0.2, 0.25) is 33.3 Å². The molecule has 0 spiro atoms. The van der Waals surface area contributed by atoms with Crippen molar-refractivity contribution in [1.29, 1.82) is 0 Å². The van der Waals surface area contributed by atoms with Gasteiger partial charge in [-0.2, -0.15) is 0 Å². The molecule has 5 aromatic carbocycles. The van der Waals surface area contributed by atoms with E-state index >= 15 is 0 Å². The lowest BCUT2D eigenvalue weighted by Gasteiger charge is -2.20. The smallest absolute Gasteiger partial charge is 0.233 e. The Hall–Kier alpha value is -15.9. The number of para-hydroxylation sites is 2. The number of anilines is 14. The Bertz CT molecular complexity index is 7390. The molecule has 0 saturated carbocycles. The molecule has 8 aromatic rings. The minimum atomic E-state index is -0.713. The summed E-state index contributed by atoms with van der Waals surface area (Å²) in [6, 6.07) is 38.6. The van der Waals surface area contributed by atoms with Crippen LogP contribution in [0.1, 0.15) is 56.2 Å². The third-order valence-corrected chi connectivity index (χ3v) is 19.5. The van der Waals surface area contributed by atoms with E-state index in [2.05, 4.69) is 97.8 Å². The number of hydrogen-bond donors (Lipinski definition) is 12. The molecule has 590 valence electrons. The summed E-state index contributed by atoms with van der Waals surface area (Å²) in [6.07, 6.45) is 3.74. The van der Waals surface area contributed by atoms with Gasteiger partial charge in [0.25, 0.3) is 0 Å². The van der Waals surface area contributed by atoms with Crippen LogP contribution in [0.25, 0.3) is 46.9 Å². The van der Waals surface area contributed by atoms with Crippen LogP contribution in [-0.4, -0.2) is 55.4 Å². The summed E-state index contributed by atoms with van der Waals surface area (Å²) in [5.41, 5.74) is 16.1. The predicted octanol–water partition coefficient (Wildman–Crippen LogP) is 10.7. The van der Waals surface area contributed by atoms with Gasteiger partial charge in [-0.05, 0) is 129 Å². The fourth-order valence-corrected chi connectivity index (χ4v) is 13.5. The molecule has 3 heterocycles. The number of methoxy groups -OCH3 is 1. The molecule has 0 fully saturated rings. The van der Waals surface area contributed by atoms with Crippen molar-refractivity contribution in [2.24, 2.45) is 0 Å². The summed E-state index contributed by atoms with van der Waals surface area (Å²) in [5, 5.41) is 16.7. The van der Waals surface area contributed by atoms with E-state index in [9.17, 15) is 57.5 Å². The highest BCUT2D eigenvalue weighted by Gasteiger charge is 2.25. The van der Waals surface area contributed by atoms with Crippen LogP contribution in [0, 0.1) is 71.8 Å². The molecule has 0 atom stereocenters. The van der Waals surface area contributed by atoms with Crippen molar-refractivity contribution >= 4 is 130 Å². The van der Waals surface area contributed by atoms with Crippen molar-refractivity contribution in [1.82, 2.24) is 15.0 Å². The molecule has 118 heavy (non-hydrogen) atoms. The van der Waals surface area contributed by atoms with Gasteiger partial charge in [0, 0.05) is 61.3 Å². The number of hydrogen-bond acceptors (Lipinski definition) is 28. The molecule has 12 N–H and O–H groups in total. The Morgan fingerprint density at radius 1 is 0.339 bits per heavy atom. The normalized spacial score (nSPS) is 10.8. The monoisotopic (exact) mass is 1580 g/mol. The summed E-state index contributed by atoms with van der Waals surface area (Å²) < 4.78 is 5.04. The summed E-state index contributed by atoms with van der Waals surface area (Å²) >= 11 is 0. The Labute approximate surface area is 668 Å². The number of rotatable bonds is 26. The molecule has 6 aliphatic carbocycles. The van der Waals surface area contributed by atoms with Crippen LogP contribution in [-0.2, 0) is 4.74 Å². The van der Waals surface area contributed by atoms with Gasteiger partial charge in [-0.1, -0.05) is 99.5 Å². The Morgan fingerprint density at radius 2 is 0.644 bits per heavy atom. The Morgan fingerprint density at radius 3 is 0.992 bits per heavy atom. The molecular weight excluding hydrogens is 1510 g/mol. The van der Waals surface area contributed by atoms with E-state index in [0.717, 1.165) is 73.5 Å². The summed E-state index contributed by atoms with van der Waals surface area (Å²) in [4.78, 5) is 179. The van der Waals surface area contributed by atoms with E-state index in [4.69, 9.17) is 34.4 Å². The van der Waals surface area contributed by atoms with E-state index < -0.39 is 96.5 Å². The fourth-order valence-electron chi connectivity index (χ4n) is 13.5. The van der Waals surface area contributed by atoms with Crippen molar-refractivity contribution in [3.8, 4) is 0 Å². The third-order valence-electron chi connectivity index (χ3n) is 19.5. The van der Waals surface area contributed by atoms with E-state index in [1.54, 1.807) is 71.3 Å². The molecule has 31 nitrogen and oxygen atoms in total. The lowest BCUT2D eigenvalue weighted by molar-refractivity contribution is 0.210. The molecule has 6 aliphatic rings. The SMILES string of the molecule is [C-]#[N+]c1c(NCCCC)nc(Nc2ccccc2)c(NNc2cccc3c(=O)c4c(=O)ccc(=O)c=4c(=O)c23)c1C.[C-]#[N+]c1c(NCCOC)nc(NC)c(NNc2cccc3c(=O)c4c(=O)ccc(=O)c=4c(=O)c23)c1C.[C-]#[N+]c1c(Nc2ccccc2)nc(NCCCC)c(NNc2cccc3c(=O)c4c(=O)ccc(=O)c=4c(=O)c23)c1C. The van der Waals surface area contributed by atoms with Crippen molar-refractivity contribution in [2.45, 2.75) is 60.3 Å². The molecule has 0 bridgehead atoms. The van der Waals surface area contributed by atoms with E-state index in [-0.39, 0.29) is 49.4 Å². The van der Waals surface area contributed by atoms with Crippen LogP contribution in [0.3, 0.4) is 0 Å². The second kappa shape index (κ2) is 35.8. The molecule has 0 amide bonds. The van der Waals surface area contributed by atoms with Gasteiger partial charge in [-0.25, -0.2) is 29.5 Å². The van der Waals surface area contributed by atoms with Crippen molar-refractivity contribution < 1.29 is 4.74 Å². The van der Waals surface area contributed by atoms with Crippen molar-refractivity contribution in [3.05, 3.63) is 357 Å². The quantitative estimate of drug-likeness (QED) is 0.0136. The van der Waals surface area contributed by atoms with Crippen LogP contribution in [0.2, 0.25) is 0 Å². The maximum Gasteiger partial charge on any atom is 0.233 e. The highest BCUT2D eigenvalue weighted by Crippen LogP contribution is 2.42. The number of nitrogens with zero attached hydrogens (tertiary/aromatic N) is 6. The first-order valence-corrected chi connectivity index (χ1v) is 37.1. The lowest BCUT2D eigenvalue weighted by Crippen LogP contribution is -2.28. The first-order chi connectivity index (χ1) is 57.0. The second-order valence-electron chi connectivity index (χ2n) is 26.9. The first kappa shape index (κ1) is 81.5. The molecular formula is C87H74N18O13. The number of nitrogens with one attached hydrogen (secondary N) is 12. The average molecular weight is 1580 g/mol. The first-order valence-electron chi connectivity index (χ1n) is 37.1. The summed E-state index contributed by atoms with van der Waals surface area (Å²) in [5.74, 6) is 2.54. The molecule has 3 aromatic heterocycles. The Kier molecular flexibility index (Phi) is 24.8.